The summed E-state index contributed by atoms with van der Waals surface area (Å²) in [5, 5.41) is 3.58. The Bertz CT molecular complexity index is 1050. The highest BCUT2D eigenvalue weighted by Crippen LogP contribution is 2.38. The topological polar surface area (TPSA) is 41.6 Å². The van der Waals surface area contributed by atoms with Crippen LogP contribution in [0.1, 0.15) is 33.2 Å². The molecule has 5 heteroatoms. The van der Waals surface area contributed by atoms with Crippen LogP contribution in [-0.4, -0.2) is 13.0 Å². The normalized spacial score (nSPS) is 15.8. The van der Waals surface area contributed by atoms with Gasteiger partial charge in [-0.15, -0.1) is 0 Å². The van der Waals surface area contributed by atoms with Crippen molar-refractivity contribution in [3.63, 3.8) is 0 Å². The third-order valence-electron chi connectivity index (χ3n) is 5.05. The van der Waals surface area contributed by atoms with Crippen molar-refractivity contribution in [2.24, 2.45) is 0 Å². The van der Waals surface area contributed by atoms with Gasteiger partial charge in [-0.25, -0.2) is 0 Å². The summed E-state index contributed by atoms with van der Waals surface area (Å²) in [5.41, 5.74) is 5.81. The SMILES string of the molecule is COc1ccc(N2C(=O)c3cc(I)ccc3NC2c2ccc(C)cc2C)cc1. The van der Waals surface area contributed by atoms with E-state index in [0.29, 0.717) is 5.56 Å². The molecule has 1 N–H and O–H groups in total. The number of benzene rings is 3. The monoisotopic (exact) mass is 484 g/mol. The van der Waals surface area contributed by atoms with E-state index in [-0.39, 0.29) is 12.1 Å². The fraction of sp³-hybridized carbons (Fsp3) is 0.174. The van der Waals surface area contributed by atoms with Crippen LogP contribution in [0.2, 0.25) is 0 Å². The van der Waals surface area contributed by atoms with Crippen LogP contribution < -0.4 is 15.0 Å². The summed E-state index contributed by atoms with van der Waals surface area (Å²) < 4.78 is 6.31. The lowest BCUT2D eigenvalue weighted by Gasteiger charge is -2.39. The predicted octanol–water partition coefficient (Wildman–Crippen LogP) is 5.69. The van der Waals surface area contributed by atoms with Gasteiger partial charge in [0.25, 0.3) is 5.91 Å². The van der Waals surface area contributed by atoms with E-state index in [2.05, 4.69) is 60.0 Å². The van der Waals surface area contributed by atoms with E-state index in [0.717, 1.165) is 31.8 Å². The summed E-state index contributed by atoms with van der Waals surface area (Å²) in [6.07, 6.45) is -0.283. The van der Waals surface area contributed by atoms with Gasteiger partial charge in [0.05, 0.1) is 12.7 Å². The fourth-order valence-corrected chi connectivity index (χ4v) is 4.13. The van der Waals surface area contributed by atoms with E-state index in [1.54, 1.807) is 7.11 Å². The van der Waals surface area contributed by atoms with Gasteiger partial charge >= 0.3 is 0 Å². The van der Waals surface area contributed by atoms with Crippen LogP contribution in [0.3, 0.4) is 0 Å². The number of ether oxygens (including phenoxy) is 1. The molecule has 0 saturated heterocycles. The Morgan fingerprint density at radius 2 is 1.75 bits per heavy atom. The van der Waals surface area contributed by atoms with E-state index in [1.807, 2.05) is 47.4 Å². The van der Waals surface area contributed by atoms with Crippen LogP contribution in [0.4, 0.5) is 11.4 Å². The number of nitrogens with one attached hydrogen (secondary N) is 1. The summed E-state index contributed by atoms with van der Waals surface area (Å²) in [6, 6.07) is 19.9. The number of methoxy groups -OCH3 is 1. The molecule has 142 valence electrons. The number of nitrogens with zero attached hydrogens (tertiary/aromatic N) is 1. The van der Waals surface area contributed by atoms with Crippen LogP contribution in [0.5, 0.6) is 5.75 Å². The molecule has 1 aliphatic heterocycles. The Kier molecular flexibility index (Phi) is 5.02. The molecule has 0 aliphatic carbocycles. The van der Waals surface area contributed by atoms with Gasteiger partial charge in [0.1, 0.15) is 11.9 Å². The molecule has 0 saturated carbocycles. The number of halogens is 1. The summed E-state index contributed by atoms with van der Waals surface area (Å²) >= 11 is 2.24. The Balaban J connectivity index is 1.87. The van der Waals surface area contributed by atoms with Gasteiger partial charge in [0.15, 0.2) is 0 Å². The Labute approximate surface area is 178 Å². The lowest BCUT2D eigenvalue weighted by molar-refractivity contribution is 0.0974. The number of carbonyl (C=O) groups excluding carboxylic acids is 1. The smallest absolute Gasteiger partial charge is 0.262 e. The average molecular weight is 484 g/mol. The molecule has 28 heavy (non-hydrogen) atoms. The van der Waals surface area contributed by atoms with Gasteiger partial charge in [-0.2, -0.15) is 0 Å². The molecule has 0 fully saturated rings. The maximum atomic E-state index is 13.5. The van der Waals surface area contributed by atoms with Gasteiger partial charge in [0.2, 0.25) is 0 Å². The zero-order chi connectivity index (χ0) is 19.8. The second-order valence-electron chi connectivity index (χ2n) is 6.97. The predicted molar refractivity (Wildman–Crippen MR) is 121 cm³/mol. The molecule has 1 aliphatic rings. The number of anilines is 2. The molecular formula is C23H21IN2O2. The van der Waals surface area contributed by atoms with Gasteiger partial charge in [0, 0.05) is 14.9 Å². The minimum atomic E-state index is -0.283. The highest BCUT2D eigenvalue weighted by molar-refractivity contribution is 14.1. The largest absolute Gasteiger partial charge is 0.497 e. The summed E-state index contributed by atoms with van der Waals surface area (Å²) in [6.45, 7) is 4.17. The number of aryl methyl sites for hydroxylation is 2. The van der Waals surface area contributed by atoms with E-state index >= 15 is 0 Å². The van der Waals surface area contributed by atoms with Gasteiger partial charge in [-0.05, 0) is 90.0 Å². The lowest BCUT2D eigenvalue weighted by Crippen LogP contribution is -2.43. The highest BCUT2D eigenvalue weighted by Gasteiger charge is 2.35. The molecular weight excluding hydrogens is 463 g/mol. The van der Waals surface area contributed by atoms with Crippen molar-refractivity contribution in [1.82, 2.24) is 0 Å². The van der Waals surface area contributed by atoms with Gasteiger partial charge in [-0.1, -0.05) is 23.8 Å². The molecule has 1 heterocycles. The molecule has 4 nitrogen and oxygen atoms in total. The van der Waals surface area contributed by atoms with Crippen LogP contribution in [0.15, 0.2) is 60.7 Å². The van der Waals surface area contributed by atoms with E-state index in [9.17, 15) is 4.79 Å². The minimum Gasteiger partial charge on any atom is -0.497 e. The molecule has 0 spiro atoms. The number of hydrogen-bond acceptors (Lipinski definition) is 3. The molecule has 1 atom stereocenters. The first-order valence-electron chi connectivity index (χ1n) is 9.09. The summed E-state index contributed by atoms with van der Waals surface area (Å²) in [5.74, 6) is 0.751. The first-order chi connectivity index (χ1) is 13.5. The number of amides is 1. The molecule has 4 rings (SSSR count). The Morgan fingerprint density at radius 3 is 2.43 bits per heavy atom. The second kappa shape index (κ2) is 7.47. The molecule has 3 aromatic carbocycles. The standard InChI is InChI=1S/C23H21IN2O2/c1-14-4-10-19(15(2)12-14)22-25-21-11-5-16(24)13-20(21)23(27)26(22)17-6-8-18(28-3)9-7-17/h4-13,22,25H,1-3H3. The Hall–Kier alpha value is -2.54. The van der Waals surface area contributed by atoms with Crippen LogP contribution in [-0.2, 0) is 0 Å². The van der Waals surface area contributed by atoms with Gasteiger partial charge < -0.3 is 10.1 Å². The zero-order valence-corrected chi connectivity index (χ0v) is 18.2. The summed E-state index contributed by atoms with van der Waals surface area (Å²) in [7, 11) is 1.64. The number of fused-ring (bicyclic) bond motifs is 1. The first kappa shape index (κ1) is 18.8. The van der Waals surface area contributed by atoms with E-state index in [1.165, 1.54) is 5.56 Å². The quantitative estimate of drug-likeness (QED) is 0.486. The van der Waals surface area contributed by atoms with Crippen molar-refractivity contribution < 1.29 is 9.53 Å². The van der Waals surface area contributed by atoms with Gasteiger partial charge in [-0.3, -0.25) is 9.69 Å². The van der Waals surface area contributed by atoms with E-state index in [4.69, 9.17) is 4.74 Å². The molecule has 1 unspecified atom stereocenters. The third-order valence-corrected chi connectivity index (χ3v) is 5.72. The van der Waals surface area contributed by atoms with Crippen molar-refractivity contribution in [2.45, 2.75) is 20.0 Å². The average Bonchev–Trinajstić information content (AvgIpc) is 2.69. The summed E-state index contributed by atoms with van der Waals surface area (Å²) in [4.78, 5) is 15.4. The van der Waals surface area contributed by atoms with E-state index < -0.39 is 0 Å². The molecule has 0 bridgehead atoms. The van der Waals surface area contributed by atoms with Crippen LogP contribution >= 0.6 is 22.6 Å². The van der Waals surface area contributed by atoms with Crippen molar-refractivity contribution in [3.05, 3.63) is 86.5 Å². The Morgan fingerprint density at radius 1 is 1.00 bits per heavy atom. The maximum absolute atomic E-state index is 13.5. The fourth-order valence-electron chi connectivity index (χ4n) is 3.64. The van der Waals surface area contributed by atoms with Crippen LogP contribution in [0.25, 0.3) is 0 Å². The number of hydrogen-bond donors (Lipinski definition) is 1. The molecule has 3 aromatic rings. The minimum absolute atomic E-state index is 0.0117. The number of carbonyl (C=O) groups is 1. The second-order valence-corrected chi connectivity index (χ2v) is 8.22. The number of rotatable bonds is 3. The lowest BCUT2D eigenvalue weighted by atomic mass is 9.98. The van der Waals surface area contributed by atoms with Crippen LogP contribution in [0, 0.1) is 17.4 Å². The molecule has 1 amide bonds. The third kappa shape index (κ3) is 3.35. The molecule has 0 radical (unpaired) electrons. The molecule has 0 aromatic heterocycles. The first-order valence-corrected chi connectivity index (χ1v) is 10.2. The van der Waals surface area contributed by atoms with Crippen molar-refractivity contribution >= 4 is 39.9 Å². The zero-order valence-electron chi connectivity index (χ0n) is 16.0. The highest BCUT2D eigenvalue weighted by atomic mass is 127. The van der Waals surface area contributed by atoms with Crippen molar-refractivity contribution in [1.29, 1.82) is 0 Å². The van der Waals surface area contributed by atoms with Crippen molar-refractivity contribution in [2.75, 3.05) is 17.3 Å². The van der Waals surface area contributed by atoms with Crippen molar-refractivity contribution in [3.8, 4) is 5.75 Å². The maximum Gasteiger partial charge on any atom is 0.262 e.